The van der Waals surface area contributed by atoms with E-state index in [0.29, 0.717) is 29.4 Å². The lowest BCUT2D eigenvalue weighted by molar-refractivity contribution is 0.577. The van der Waals surface area contributed by atoms with Crippen molar-refractivity contribution in [3.63, 3.8) is 0 Å². The van der Waals surface area contributed by atoms with E-state index < -0.39 is 0 Å². The molecular weight excluding hydrogens is 270 g/mol. The minimum Gasteiger partial charge on any atom is -0.461 e. The molecule has 0 spiro atoms. The second-order valence-corrected chi connectivity index (χ2v) is 5.16. The molecule has 1 aliphatic carbocycles. The average Bonchev–Trinajstić information content (AvgIpc) is 3.19. The van der Waals surface area contributed by atoms with Gasteiger partial charge in [-0.05, 0) is 25.0 Å². The van der Waals surface area contributed by atoms with E-state index in [4.69, 9.17) is 10.2 Å². The van der Waals surface area contributed by atoms with Gasteiger partial charge in [0, 0.05) is 6.04 Å². The van der Waals surface area contributed by atoms with Crippen LogP contribution in [0.25, 0.3) is 17.4 Å². The molecule has 3 aromatic rings. The van der Waals surface area contributed by atoms with Gasteiger partial charge in [-0.1, -0.05) is 12.8 Å². The van der Waals surface area contributed by atoms with Crippen LogP contribution in [0.5, 0.6) is 0 Å². The minimum atomic E-state index is 0.255. The molecule has 4 rings (SSSR count). The van der Waals surface area contributed by atoms with Gasteiger partial charge in [0.25, 0.3) is 5.78 Å². The van der Waals surface area contributed by atoms with Crippen LogP contribution in [0.15, 0.2) is 22.8 Å². The minimum absolute atomic E-state index is 0.255. The maximum atomic E-state index is 5.94. The highest BCUT2D eigenvalue weighted by Crippen LogP contribution is 2.22. The molecule has 3 heterocycles. The van der Waals surface area contributed by atoms with Gasteiger partial charge in [0.15, 0.2) is 5.76 Å². The Labute approximate surface area is 120 Å². The summed E-state index contributed by atoms with van der Waals surface area (Å²) in [6.45, 7) is 0. The van der Waals surface area contributed by atoms with E-state index >= 15 is 0 Å². The summed E-state index contributed by atoms with van der Waals surface area (Å²) in [6, 6.07) is 3.98. The zero-order valence-electron chi connectivity index (χ0n) is 11.4. The first-order valence-corrected chi connectivity index (χ1v) is 7.00. The topological polar surface area (TPSA) is 107 Å². The molecule has 3 N–H and O–H groups in total. The third-order valence-electron chi connectivity index (χ3n) is 3.66. The molecule has 0 amide bonds. The van der Waals surface area contributed by atoms with Crippen LogP contribution in [-0.4, -0.2) is 30.6 Å². The van der Waals surface area contributed by atoms with E-state index in [0.717, 1.165) is 12.8 Å². The van der Waals surface area contributed by atoms with Gasteiger partial charge in [-0.25, -0.2) is 0 Å². The fourth-order valence-electron chi connectivity index (χ4n) is 2.63. The van der Waals surface area contributed by atoms with Crippen LogP contribution in [-0.2, 0) is 0 Å². The van der Waals surface area contributed by atoms with Gasteiger partial charge in [0.2, 0.25) is 17.7 Å². The quantitative estimate of drug-likeness (QED) is 0.754. The van der Waals surface area contributed by atoms with Crippen LogP contribution < -0.4 is 11.1 Å². The maximum absolute atomic E-state index is 5.94. The summed E-state index contributed by atoms with van der Waals surface area (Å²) >= 11 is 0. The summed E-state index contributed by atoms with van der Waals surface area (Å²) in [4.78, 5) is 13.0. The van der Waals surface area contributed by atoms with Gasteiger partial charge in [-0.3, -0.25) is 0 Å². The Morgan fingerprint density at radius 1 is 1.24 bits per heavy atom. The first-order valence-electron chi connectivity index (χ1n) is 7.00. The number of anilines is 2. The largest absolute Gasteiger partial charge is 0.461 e. The normalized spacial score (nSPS) is 15.8. The molecule has 1 fully saturated rings. The van der Waals surface area contributed by atoms with Gasteiger partial charge < -0.3 is 15.5 Å². The van der Waals surface area contributed by atoms with Crippen molar-refractivity contribution < 1.29 is 4.42 Å². The molecule has 0 aliphatic heterocycles. The fourth-order valence-corrected chi connectivity index (χ4v) is 2.63. The Hall–Kier alpha value is -2.64. The highest BCUT2D eigenvalue weighted by Gasteiger charge is 2.18. The Morgan fingerprint density at radius 3 is 2.86 bits per heavy atom. The Balaban J connectivity index is 1.71. The van der Waals surface area contributed by atoms with Gasteiger partial charge >= 0.3 is 0 Å². The number of nitrogens with one attached hydrogen (secondary N) is 1. The number of nitrogens with zero attached hydrogens (tertiary/aromatic N) is 5. The molecule has 0 atom stereocenters. The average molecular weight is 285 g/mol. The number of fused-ring (bicyclic) bond motifs is 1. The lowest BCUT2D eigenvalue weighted by Crippen LogP contribution is -2.18. The molecule has 8 heteroatoms. The zero-order chi connectivity index (χ0) is 14.2. The molecule has 0 unspecified atom stereocenters. The first-order chi connectivity index (χ1) is 10.3. The number of nitrogen functional groups attached to an aromatic ring is 1. The summed E-state index contributed by atoms with van der Waals surface area (Å²) in [6.07, 6.45) is 6.33. The van der Waals surface area contributed by atoms with Crippen LogP contribution in [0.2, 0.25) is 0 Å². The van der Waals surface area contributed by atoms with Crippen molar-refractivity contribution >= 4 is 17.7 Å². The number of rotatable bonds is 3. The Bertz CT molecular complexity index is 758. The van der Waals surface area contributed by atoms with Gasteiger partial charge in [-0.15, -0.1) is 5.10 Å². The smallest absolute Gasteiger partial charge is 0.259 e. The Kier molecular flexibility index (Phi) is 2.73. The second-order valence-electron chi connectivity index (χ2n) is 5.16. The van der Waals surface area contributed by atoms with E-state index in [-0.39, 0.29) is 5.95 Å². The van der Waals surface area contributed by atoms with Crippen molar-refractivity contribution in [1.82, 2.24) is 24.6 Å². The highest BCUT2D eigenvalue weighted by atomic mass is 16.3. The predicted octanol–water partition coefficient (Wildman–Crippen LogP) is 1.72. The standard InChI is InChI=1S/C13H15N7O/c14-11-17-12(15-8-4-1-2-5-8)18-13-16-10(19-20(11)13)9-6-3-7-21-9/h3,6-8H,1-2,4-5H2,(H3,14,15,16,17,18,19). The van der Waals surface area contributed by atoms with E-state index in [2.05, 4.69) is 25.4 Å². The fraction of sp³-hybridized carbons (Fsp3) is 0.385. The van der Waals surface area contributed by atoms with E-state index in [1.165, 1.54) is 17.4 Å². The van der Waals surface area contributed by atoms with Crippen LogP contribution >= 0.6 is 0 Å². The summed E-state index contributed by atoms with van der Waals surface area (Å²) in [5.41, 5.74) is 5.94. The molecule has 8 nitrogen and oxygen atoms in total. The molecule has 3 aromatic heterocycles. The number of hydrogen-bond donors (Lipinski definition) is 2. The molecule has 0 bridgehead atoms. The monoisotopic (exact) mass is 285 g/mol. The molecule has 108 valence electrons. The summed E-state index contributed by atoms with van der Waals surface area (Å²) in [5, 5.41) is 7.57. The van der Waals surface area contributed by atoms with Crippen molar-refractivity contribution in [2.24, 2.45) is 0 Å². The number of furan rings is 1. The molecular formula is C13H15N7O. The van der Waals surface area contributed by atoms with Gasteiger partial charge in [0.1, 0.15) is 0 Å². The van der Waals surface area contributed by atoms with Crippen molar-refractivity contribution in [2.75, 3.05) is 11.1 Å². The molecule has 21 heavy (non-hydrogen) atoms. The maximum Gasteiger partial charge on any atom is 0.259 e. The van der Waals surface area contributed by atoms with Crippen LogP contribution in [0.3, 0.4) is 0 Å². The summed E-state index contributed by atoms with van der Waals surface area (Å²) in [5.74, 6) is 2.19. The third-order valence-corrected chi connectivity index (χ3v) is 3.66. The number of hydrogen-bond acceptors (Lipinski definition) is 7. The summed E-state index contributed by atoms with van der Waals surface area (Å²) < 4.78 is 6.70. The van der Waals surface area contributed by atoms with Crippen molar-refractivity contribution in [2.45, 2.75) is 31.7 Å². The predicted molar refractivity (Wildman–Crippen MR) is 76.6 cm³/mol. The van der Waals surface area contributed by atoms with Crippen molar-refractivity contribution in [3.8, 4) is 11.6 Å². The SMILES string of the molecule is Nc1nc(NC2CCCC2)nc2nc(-c3ccco3)nn12. The second kappa shape index (κ2) is 4.72. The third kappa shape index (κ3) is 2.18. The van der Waals surface area contributed by atoms with E-state index in [9.17, 15) is 0 Å². The van der Waals surface area contributed by atoms with E-state index in [1.807, 2.05) is 0 Å². The van der Waals surface area contributed by atoms with Crippen LogP contribution in [0.4, 0.5) is 11.9 Å². The molecule has 0 saturated heterocycles. The van der Waals surface area contributed by atoms with Crippen LogP contribution in [0, 0.1) is 0 Å². The lowest BCUT2D eigenvalue weighted by atomic mass is 10.3. The highest BCUT2D eigenvalue weighted by molar-refractivity contribution is 5.52. The molecule has 0 aromatic carbocycles. The van der Waals surface area contributed by atoms with Crippen molar-refractivity contribution in [3.05, 3.63) is 18.4 Å². The number of aromatic nitrogens is 5. The molecule has 0 radical (unpaired) electrons. The first kappa shape index (κ1) is 12.1. The van der Waals surface area contributed by atoms with Gasteiger partial charge in [-0.2, -0.15) is 19.5 Å². The Morgan fingerprint density at radius 2 is 2.10 bits per heavy atom. The molecule has 1 aliphatic rings. The molecule has 1 saturated carbocycles. The lowest BCUT2D eigenvalue weighted by Gasteiger charge is -2.11. The van der Waals surface area contributed by atoms with E-state index in [1.54, 1.807) is 18.4 Å². The zero-order valence-corrected chi connectivity index (χ0v) is 11.4. The van der Waals surface area contributed by atoms with Crippen molar-refractivity contribution in [1.29, 1.82) is 0 Å². The number of nitrogens with two attached hydrogens (primary N) is 1. The van der Waals surface area contributed by atoms with Gasteiger partial charge in [0.05, 0.1) is 6.26 Å². The van der Waals surface area contributed by atoms with Crippen LogP contribution in [0.1, 0.15) is 25.7 Å². The summed E-state index contributed by atoms with van der Waals surface area (Å²) in [7, 11) is 0.